The minimum atomic E-state index is -0.614. The Morgan fingerprint density at radius 3 is 2.72 bits per heavy atom. The SMILES string of the molecule is CCCNC(=O)C1COCCN1C(=O)CC(C)=O. The van der Waals surface area contributed by atoms with Gasteiger partial charge in [-0.15, -0.1) is 0 Å². The maximum absolute atomic E-state index is 11.9. The summed E-state index contributed by atoms with van der Waals surface area (Å²) in [5.41, 5.74) is 0. The van der Waals surface area contributed by atoms with Crippen molar-refractivity contribution in [3.05, 3.63) is 0 Å². The lowest BCUT2D eigenvalue weighted by atomic mass is 10.1. The third-order valence-electron chi connectivity index (χ3n) is 2.70. The molecule has 2 amide bonds. The summed E-state index contributed by atoms with van der Waals surface area (Å²) in [6, 6.07) is -0.614. The molecule has 0 spiro atoms. The van der Waals surface area contributed by atoms with Gasteiger partial charge in [0, 0.05) is 13.1 Å². The van der Waals surface area contributed by atoms with E-state index in [0.29, 0.717) is 19.7 Å². The topological polar surface area (TPSA) is 75.7 Å². The van der Waals surface area contributed by atoms with Gasteiger partial charge in [-0.05, 0) is 13.3 Å². The average Bonchev–Trinajstić information content (AvgIpc) is 2.35. The van der Waals surface area contributed by atoms with Crippen molar-refractivity contribution in [2.24, 2.45) is 0 Å². The van der Waals surface area contributed by atoms with E-state index in [-0.39, 0.29) is 30.6 Å². The molecule has 1 aliphatic heterocycles. The second-order valence-electron chi connectivity index (χ2n) is 4.35. The highest BCUT2D eigenvalue weighted by atomic mass is 16.5. The Kier molecular flexibility index (Phi) is 5.77. The first kappa shape index (κ1) is 14.6. The monoisotopic (exact) mass is 256 g/mol. The number of nitrogens with one attached hydrogen (secondary N) is 1. The zero-order valence-corrected chi connectivity index (χ0v) is 10.9. The third-order valence-corrected chi connectivity index (χ3v) is 2.70. The first-order valence-corrected chi connectivity index (χ1v) is 6.20. The summed E-state index contributed by atoms with van der Waals surface area (Å²) in [4.78, 5) is 36.2. The van der Waals surface area contributed by atoms with Crippen LogP contribution in [0.1, 0.15) is 26.7 Å². The third kappa shape index (κ3) is 4.10. The highest BCUT2D eigenvalue weighted by Crippen LogP contribution is 2.09. The Morgan fingerprint density at radius 1 is 1.39 bits per heavy atom. The highest BCUT2D eigenvalue weighted by Gasteiger charge is 2.32. The molecule has 1 unspecified atom stereocenters. The molecule has 1 saturated heterocycles. The van der Waals surface area contributed by atoms with Crippen molar-refractivity contribution >= 4 is 17.6 Å². The predicted molar refractivity (Wildman–Crippen MR) is 64.9 cm³/mol. The van der Waals surface area contributed by atoms with E-state index in [1.165, 1.54) is 11.8 Å². The lowest BCUT2D eigenvalue weighted by Gasteiger charge is -2.34. The van der Waals surface area contributed by atoms with Crippen molar-refractivity contribution in [2.45, 2.75) is 32.7 Å². The summed E-state index contributed by atoms with van der Waals surface area (Å²) < 4.78 is 5.23. The molecule has 1 atom stereocenters. The van der Waals surface area contributed by atoms with Crippen molar-refractivity contribution in [1.82, 2.24) is 10.2 Å². The van der Waals surface area contributed by atoms with Crippen LogP contribution < -0.4 is 5.32 Å². The van der Waals surface area contributed by atoms with Crippen LogP contribution in [-0.4, -0.2) is 54.8 Å². The normalized spacial score (nSPS) is 19.4. The lowest BCUT2D eigenvalue weighted by Crippen LogP contribution is -2.56. The number of Topliss-reactive ketones (excluding diaryl/α,β-unsaturated/α-hetero) is 1. The van der Waals surface area contributed by atoms with Crippen molar-refractivity contribution < 1.29 is 19.1 Å². The van der Waals surface area contributed by atoms with Gasteiger partial charge < -0.3 is 15.0 Å². The molecule has 0 radical (unpaired) electrons. The van der Waals surface area contributed by atoms with Crippen molar-refractivity contribution in [1.29, 1.82) is 0 Å². The Morgan fingerprint density at radius 2 is 2.11 bits per heavy atom. The minimum absolute atomic E-state index is 0.155. The Labute approximate surface area is 107 Å². The molecule has 1 heterocycles. The molecule has 1 fully saturated rings. The van der Waals surface area contributed by atoms with Gasteiger partial charge in [0.15, 0.2) is 0 Å². The van der Waals surface area contributed by atoms with Gasteiger partial charge in [0.05, 0.1) is 19.6 Å². The maximum Gasteiger partial charge on any atom is 0.245 e. The molecule has 0 aromatic carbocycles. The summed E-state index contributed by atoms with van der Waals surface area (Å²) in [6.07, 6.45) is 0.679. The fourth-order valence-corrected chi connectivity index (χ4v) is 1.80. The molecule has 0 aromatic rings. The van der Waals surface area contributed by atoms with Gasteiger partial charge >= 0.3 is 0 Å². The number of carbonyl (C=O) groups is 3. The van der Waals surface area contributed by atoms with Crippen LogP contribution in [0.5, 0.6) is 0 Å². The molecule has 1 rings (SSSR count). The van der Waals surface area contributed by atoms with Gasteiger partial charge in [-0.3, -0.25) is 14.4 Å². The highest BCUT2D eigenvalue weighted by molar-refractivity contribution is 5.98. The second-order valence-corrected chi connectivity index (χ2v) is 4.35. The largest absolute Gasteiger partial charge is 0.377 e. The number of carbonyl (C=O) groups excluding carboxylic acids is 3. The van der Waals surface area contributed by atoms with Crippen LogP contribution in [-0.2, 0) is 19.1 Å². The molecule has 0 aromatic heterocycles. The fraction of sp³-hybridized carbons (Fsp3) is 0.750. The fourth-order valence-electron chi connectivity index (χ4n) is 1.80. The zero-order valence-electron chi connectivity index (χ0n) is 10.9. The van der Waals surface area contributed by atoms with Gasteiger partial charge in [-0.25, -0.2) is 0 Å². The number of ketones is 1. The van der Waals surface area contributed by atoms with E-state index in [9.17, 15) is 14.4 Å². The average molecular weight is 256 g/mol. The molecule has 0 saturated carbocycles. The Hall–Kier alpha value is -1.43. The van der Waals surface area contributed by atoms with Crippen molar-refractivity contribution in [3.8, 4) is 0 Å². The van der Waals surface area contributed by atoms with Gasteiger partial charge in [0.2, 0.25) is 11.8 Å². The van der Waals surface area contributed by atoms with E-state index in [2.05, 4.69) is 5.32 Å². The molecular formula is C12H20N2O4. The summed E-state index contributed by atoms with van der Waals surface area (Å²) in [5, 5.41) is 2.74. The zero-order chi connectivity index (χ0) is 13.5. The molecule has 0 bridgehead atoms. The molecule has 1 N–H and O–H groups in total. The number of amides is 2. The Balaban J connectivity index is 2.64. The summed E-state index contributed by atoms with van der Waals surface area (Å²) >= 11 is 0. The first-order chi connectivity index (χ1) is 8.56. The second kappa shape index (κ2) is 7.10. The van der Waals surface area contributed by atoms with E-state index >= 15 is 0 Å². The van der Waals surface area contributed by atoms with Gasteiger partial charge in [-0.2, -0.15) is 0 Å². The Bertz CT molecular complexity index is 330. The number of rotatable bonds is 5. The van der Waals surface area contributed by atoms with Crippen LogP contribution in [0.4, 0.5) is 0 Å². The molecule has 1 aliphatic rings. The number of ether oxygens (including phenoxy) is 1. The van der Waals surface area contributed by atoms with E-state index in [4.69, 9.17) is 4.74 Å². The quantitative estimate of drug-likeness (QED) is 0.686. The van der Waals surface area contributed by atoms with E-state index in [0.717, 1.165) is 6.42 Å². The predicted octanol–water partition coefficient (Wildman–Crippen LogP) is -0.281. The maximum atomic E-state index is 11.9. The van der Waals surface area contributed by atoms with Gasteiger partial charge in [0.25, 0.3) is 0 Å². The number of hydrogen-bond donors (Lipinski definition) is 1. The molecule has 6 heteroatoms. The standard InChI is InChI=1S/C12H20N2O4/c1-3-4-13-12(17)10-8-18-6-5-14(10)11(16)7-9(2)15/h10H,3-8H2,1-2H3,(H,13,17). The minimum Gasteiger partial charge on any atom is -0.377 e. The lowest BCUT2D eigenvalue weighted by molar-refractivity contribution is -0.149. The van der Waals surface area contributed by atoms with Crippen molar-refractivity contribution in [3.63, 3.8) is 0 Å². The van der Waals surface area contributed by atoms with Crippen molar-refractivity contribution in [2.75, 3.05) is 26.3 Å². The van der Waals surface area contributed by atoms with Crippen LogP contribution >= 0.6 is 0 Å². The van der Waals surface area contributed by atoms with Gasteiger partial charge in [0.1, 0.15) is 11.8 Å². The molecule has 102 valence electrons. The molecule has 0 aliphatic carbocycles. The molecular weight excluding hydrogens is 236 g/mol. The van der Waals surface area contributed by atoms with Gasteiger partial charge in [-0.1, -0.05) is 6.92 Å². The smallest absolute Gasteiger partial charge is 0.245 e. The van der Waals surface area contributed by atoms with Crippen LogP contribution in [0.2, 0.25) is 0 Å². The van der Waals surface area contributed by atoms with Crippen LogP contribution in [0.15, 0.2) is 0 Å². The number of hydrogen-bond acceptors (Lipinski definition) is 4. The first-order valence-electron chi connectivity index (χ1n) is 6.20. The molecule has 6 nitrogen and oxygen atoms in total. The summed E-state index contributed by atoms with van der Waals surface area (Å²) in [5.74, 6) is -0.713. The molecule has 18 heavy (non-hydrogen) atoms. The number of nitrogens with zero attached hydrogens (tertiary/aromatic N) is 1. The number of morpholine rings is 1. The van der Waals surface area contributed by atoms with E-state index < -0.39 is 6.04 Å². The van der Waals surface area contributed by atoms with E-state index in [1.807, 2.05) is 6.92 Å². The van der Waals surface area contributed by atoms with E-state index in [1.54, 1.807) is 0 Å². The van der Waals surface area contributed by atoms with Crippen LogP contribution in [0.3, 0.4) is 0 Å². The van der Waals surface area contributed by atoms with Crippen LogP contribution in [0.25, 0.3) is 0 Å². The summed E-state index contributed by atoms with van der Waals surface area (Å²) in [7, 11) is 0. The summed E-state index contributed by atoms with van der Waals surface area (Å²) in [6.45, 7) is 4.85. The van der Waals surface area contributed by atoms with Crippen LogP contribution in [0, 0.1) is 0 Å².